The molecule has 1 aliphatic heterocycles. The summed E-state index contributed by atoms with van der Waals surface area (Å²) in [5, 5.41) is 15.8. The average molecular weight is 413 g/mol. The van der Waals surface area contributed by atoms with Crippen LogP contribution < -0.4 is 15.2 Å². The van der Waals surface area contributed by atoms with Crippen molar-refractivity contribution in [1.29, 1.82) is 0 Å². The Bertz CT molecular complexity index is 783. The Kier molecular flexibility index (Phi) is 7.40. The Morgan fingerprint density at radius 1 is 1.00 bits per heavy atom. The van der Waals surface area contributed by atoms with Crippen LogP contribution in [0.15, 0.2) is 48.5 Å². The lowest BCUT2D eigenvalue weighted by Crippen LogP contribution is -2.58. The summed E-state index contributed by atoms with van der Waals surface area (Å²) in [4.78, 5) is 6.21. The monoisotopic (exact) mass is 412 g/mol. The van der Waals surface area contributed by atoms with Gasteiger partial charge in [0.2, 0.25) is 0 Å². The number of hydrogen-bond donors (Lipinski definition) is 2. The molecule has 1 atom stereocenters. The quantitative estimate of drug-likeness (QED) is 0.555. The Balaban J connectivity index is 1.64. The summed E-state index contributed by atoms with van der Waals surface area (Å²) in [7, 11) is 0. The molecule has 30 heavy (non-hydrogen) atoms. The molecule has 5 nitrogen and oxygen atoms in total. The summed E-state index contributed by atoms with van der Waals surface area (Å²) in [5.41, 5.74) is 3.21. The molecule has 0 aromatic heterocycles. The molecular weight excluding hydrogens is 376 g/mol. The van der Waals surface area contributed by atoms with Crippen molar-refractivity contribution in [3.63, 3.8) is 0 Å². The lowest BCUT2D eigenvalue weighted by atomic mass is 10.00. The first-order valence-corrected chi connectivity index (χ1v) is 10.9. The minimum atomic E-state index is -0.563. The van der Waals surface area contributed by atoms with E-state index in [9.17, 15) is 5.11 Å². The van der Waals surface area contributed by atoms with E-state index in [4.69, 9.17) is 9.57 Å². The number of nitrogens with zero attached hydrogens (tertiary/aromatic N) is 1. The first-order chi connectivity index (χ1) is 14.3. The van der Waals surface area contributed by atoms with Crippen LogP contribution in [-0.4, -0.2) is 36.9 Å². The number of hydrogen-bond acceptors (Lipinski definition) is 5. The number of aliphatic hydroxyl groups excluding tert-OH is 1. The van der Waals surface area contributed by atoms with Gasteiger partial charge in [0.05, 0.1) is 37.1 Å². The van der Waals surface area contributed by atoms with Crippen molar-refractivity contribution in [2.45, 2.75) is 52.2 Å². The molecule has 2 aromatic carbocycles. The van der Waals surface area contributed by atoms with E-state index in [1.807, 2.05) is 29.3 Å². The second kappa shape index (κ2) is 9.82. The third kappa shape index (κ3) is 5.97. The van der Waals surface area contributed by atoms with Crippen LogP contribution >= 0.6 is 0 Å². The van der Waals surface area contributed by atoms with Gasteiger partial charge in [-0.1, -0.05) is 52.0 Å². The molecule has 0 amide bonds. The highest BCUT2D eigenvalue weighted by Crippen LogP contribution is 2.25. The van der Waals surface area contributed by atoms with Gasteiger partial charge in [0.25, 0.3) is 0 Å². The molecule has 164 valence electrons. The molecule has 2 aromatic rings. The van der Waals surface area contributed by atoms with Crippen LogP contribution in [0.5, 0.6) is 5.75 Å². The summed E-state index contributed by atoms with van der Waals surface area (Å²) in [6.07, 6.45) is -0.563. The number of aliphatic hydroxyl groups is 1. The number of rotatable bonds is 10. The second-order valence-electron chi connectivity index (χ2n) is 9.31. The fourth-order valence-electron chi connectivity index (χ4n) is 3.40. The third-order valence-corrected chi connectivity index (χ3v) is 5.42. The van der Waals surface area contributed by atoms with Crippen molar-refractivity contribution in [3.05, 3.63) is 59.7 Å². The van der Waals surface area contributed by atoms with Gasteiger partial charge in [-0.3, -0.25) is 0 Å². The standard InChI is InChI=1S/C25H36N2O3/c1-18(2)15-27(22-10-6-20(7-11-22)19(3)4)30-23-12-8-21(9-13-23)24(28)14-26-25(5)16-29-17-25/h6-13,18-19,24,26,28H,14-17H2,1-5H3. The average Bonchev–Trinajstić information content (AvgIpc) is 2.70. The van der Waals surface area contributed by atoms with Crippen LogP contribution in [0, 0.1) is 5.92 Å². The van der Waals surface area contributed by atoms with E-state index in [0.717, 1.165) is 23.5 Å². The third-order valence-electron chi connectivity index (χ3n) is 5.42. The number of anilines is 1. The molecule has 0 saturated carbocycles. The molecule has 0 aliphatic carbocycles. The van der Waals surface area contributed by atoms with Crippen molar-refractivity contribution in [1.82, 2.24) is 5.32 Å². The van der Waals surface area contributed by atoms with Gasteiger partial charge in [-0.05, 0) is 54.2 Å². The number of ether oxygens (including phenoxy) is 1. The van der Waals surface area contributed by atoms with Gasteiger partial charge in [0.1, 0.15) is 0 Å². The number of nitrogens with one attached hydrogen (secondary N) is 1. The molecule has 1 saturated heterocycles. The minimum Gasteiger partial charge on any atom is -0.387 e. The van der Waals surface area contributed by atoms with E-state index in [2.05, 4.69) is 64.2 Å². The lowest BCUT2D eigenvalue weighted by molar-refractivity contribution is -0.0679. The highest BCUT2D eigenvalue weighted by molar-refractivity contribution is 5.47. The second-order valence-corrected chi connectivity index (χ2v) is 9.31. The van der Waals surface area contributed by atoms with Crippen molar-refractivity contribution >= 4 is 5.69 Å². The van der Waals surface area contributed by atoms with Crippen LogP contribution in [0.3, 0.4) is 0 Å². The van der Waals surface area contributed by atoms with Crippen molar-refractivity contribution in [2.75, 3.05) is 31.4 Å². The predicted molar refractivity (Wildman–Crippen MR) is 122 cm³/mol. The molecule has 1 aliphatic rings. The molecule has 2 N–H and O–H groups in total. The fourth-order valence-corrected chi connectivity index (χ4v) is 3.40. The van der Waals surface area contributed by atoms with Crippen LogP contribution in [-0.2, 0) is 4.74 Å². The maximum Gasteiger partial charge on any atom is 0.155 e. The molecule has 1 fully saturated rings. The maximum atomic E-state index is 10.5. The van der Waals surface area contributed by atoms with E-state index < -0.39 is 6.10 Å². The number of benzene rings is 2. The van der Waals surface area contributed by atoms with E-state index in [0.29, 0.717) is 31.6 Å². The Morgan fingerprint density at radius 3 is 2.10 bits per heavy atom. The predicted octanol–water partition coefficient (Wildman–Crippen LogP) is 4.68. The van der Waals surface area contributed by atoms with E-state index in [-0.39, 0.29) is 5.54 Å². The molecule has 1 unspecified atom stereocenters. The van der Waals surface area contributed by atoms with Gasteiger partial charge in [-0.25, -0.2) is 5.06 Å². The maximum absolute atomic E-state index is 10.5. The number of hydroxylamine groups is 1. The normalized spacial score (nSPS) is 16.4. The summed E-state index contributed by atoms with van der Waals surface area (Å²) in [6.45, 7) is 13.5. The smallest absolute Gasteiger partial charge is 0.155 e. The zero-order chi connectivity index (χ0) is 21.7. The minimum absolute atomic E-state index is 0.0213. The topological polar surface area (TPSA) is 54.0 Å². The zero-order valence-electron chi connectivity index (χ0n) is 18.9. The van der Waals surface area contributed by atoms with Crippen molar-refractivity contribution < 1.29 is 14.7 Å². The van der Waals surface area contributed by atoms with Crippen LogP contribution in [0.2, 0.25) is 0 Å². The van der Waals surface area contributed by atoms with Gasteiger partial charge in [-0.15, -0.1) is 0 Å². The molecule has 0 bridgehead atoms. The molecule has 0 spiro atoms. The Labute approximate surface area is 181 Å². The van der Waals surface area contributed by atoms with Gasteiger partial charge in [0.15, 0.2) is 5.75 Å². The van der Waals surface area contributed by atoms with Gasteiger partial charge >= 0.3 is 0 Å². The molecule has 3 rings (SSSR count). The zero-order valence-corrected chi connectivity index (χ0v) is 18.9. The van der Waals surface area contributed by atoms with Gasteiger partial charge in [0, 0.05) is 6.54 Å². The van der Waals surface area contributed by atoms with Gasteiger partial charge < -0.3 is 20.0 Å². The molecule has 5 heteroatoms. The highest BCUT2D eigenvalue weighted by atomic mass is 16.7. The summed E-state index contributed by atoms with van der Waals surface area (Å²) in [5.74, 6) is 1.72. The van der Waals surface area contributed by atoms with E-state index >= 15 is 0 Å². The summed E-state index contributed by atoms with van der Waals surface area (Å²) >= 11 is 0. The molecule has 0 radical (unpaired) electrons. The molecular formula is C25H36N2O3. The SMILES string of the molecule is CC(C)CN(Oc1ccc(C(O)CNC2(C)COC2)cc1)c1ccc(C(C)C)cc1. The number of β-amino-alcohol motifs (C(OH)–C–C–N with tert-alkyl or cyclic N) is 1. The summed E-state index contributed by atoms with van der Waals surface area (Å²) < 4.78 is 5.25. The van der Waals surface area contributed by atoms with Gasteiger partial charge in [-0.2, -0.15) is 0 Å². The van der Waals surface area contributed by atoms with E-state index in [1.165, 1.54) is 5.56 Å². The lowest BCUT2D eigenvalue weighted by Gasteiger charge is -2.39. The largest absolute Gasteiger partial charge is 0.387 e. The van der Waals surface area contributed by atoms with Crippen molar-refractivity contribution in [3.8, 4) is 5.75 Å². The highest BCUT2D eigenvalue weighted by Gasteiger charge is 2.33. The van der Waals surface area contributed by atoms with Crippen LogP contribution in [0.4, 0.5) is 5.69 Å². The van der Waals surface area contributed by atoms with E-state index in [1.54, 1.807) is 0 Å². The first kappa shape index (κ1) is 22.6. The van der Waals surface area contributed by atoms with Crippen LogP contribution in [0.25, 0.3) is 0 Å². The first-order valence-electron chi connectivity index (χ1n) is 10.9. The Hall–Kier alpha value is -2.08. The Morgan fingerprint density at radius 2 is 1.60 bits per heavy atom. The summed E-state index contributed by atoms with van der Waals surface area (Å²) in [6, 6.07) is 16.3. The molecule has 1 heterocycles. The van der Waals surface area contributed by atoms with Crippen LogP contribution in [0.1, 0.15) is 57.8 Å². The fraction of sp³-hybridized carbons (Fsp3) is 0.520. The van der Waals surface area contributed by atoms with Crippen molar-refractivity contribution in [2.24, 2.45) is 5.92 Å².